The molecule has 1 unspecified atom stereocenters. The fraction of sp³-hybridized carbons (Fsp3) is 0.250. The van der Waals surface area contributed by atoms with Crippen molar-refractivity contribution in [1.29, 1.82) is 0 Å². The highest BCUT2D eigenvalue weighted by Gasteiger charge is 2.37. The molecule has 0 aliphatic heterocycles. The van der Waals surface area contributed by atoms with Crippen molar-refractivity contribution in [1.82, 2.24) is 24.1 Å². The number of hydrogen-bond donors (Lipinski definition) is 1. The highest BCUT2D eigenvalue weighted by atomic mass is 32.2. The van der Waals surface area contributed by atoms with Crippen molar-refractivity contribution in [3.8, 4) is 22.5 Å². The first-order valence-corrected chi connectivity index (χ1v) is 14.4. The monoisotopic (exact) mass is 596 g/mol. The number of ketones is 1. The molecule has 0 bridgehead atoms. The average Bonchev–Trinajstić information content (AvgIpc) is 3.64. The van der Waals surface area contributed by atoms with Gasteiger partial charge in [0.05, 0.1) is 33.6 Å². The lowest BCUT2D eigenvalue weighted by Crippen LogP contribution is -2.25. The molecule has 216 valence electrons. The SMILES string of the molecule is Cc1noc(C)c1-c1ccc2c(-c3nc(NC4CCCC4=O)ncc3C(F)(F)F)cn(S(=O)(=O)c3ccccc3)c2n1. The number of nitrogens with one attached hydrogen (secondary N) is 1. The lowest BCUT2D eigenvalue weighted by molar-refractivity contribution is -0.137. The molecule has 0 spiro atoms. The molecular weight excluding hydrogens is 573 g/mol. The highest BCUT2D eigenvalue weighted by molar-refractivity contribution is 7.90. The van der Waals surface area contributed by atoms with Crippen molar-refractivity contribution in [3.63, 3.8) is 0 Å². The molecule has 0 radical (unpaired) electrons. The largest absolute Gasteiger partial charge is 0.419 e. The van der Waals surface area contributed by atoms with Gasteiger partial charge in [0, 0.05) is 29.8 Å². The van der Waals surface area contributed by atoms with E-state index in [0.717, 1.165) is 10.2 Å². The molecule has 4 aromatic heterocycles. The van der Waals surface area contributed by atoms with E-state index in [-0.39, 0.29) is 33.2 Å². The maximum atomic E-state index is 14.3. The number of pyridine rings is 1. The molecule has 1 atom stereocenters. The van der Waals surface area contributed by atoms with Crippen LogP contribution in [0.15, 0.2) is 64.3 Å². The van der Waals surface area contributed by atoms with Gasteiger partial charge in [-0.3, -0.25) is 4.79 Å². The molecule has 1 aromatic carbocycles. The second kappa shape index (κ2) is 10.0. The van der Waals surface area contributed by atoms with Crippen LogP contribution in [0.5, 0.6) is 0 Å². The van der Waals surface area contributed by atoms with Crippen molar-refractivity contribution in [3.05, 3.63) is 71.9 Å². The minimum absolute atomic E-state index is 0.0818. The molecule has 5 aromatic rings. The number of Topliss-reactive ketones (excluding diaryl/α,β-unsaturated/α-hetero) is 1. The summed E-state index contributed by atoms with van der Waals surface area (Å²) in [5.41, 5.74) is -0.587. The lowest BCUT2D eigenvalue weighted by Gasteiger charge is -2.15. The van der Waals surface area contributed by atoms with Crippen molar-refractivity contribution in [2.45, 2.75) is 50.2 Å². The van der Waals surface area contributed by atoms with Gasteiger partial charge in [0.25, 0.3) is 10.0 Å². The fourth-order valence-electron chi connectivity index (χ4n) is 5.13. The standard InChI is InChI=1S/C28H23F3N6O4S/c1-15-24(16(2)41-36-15)22-12-11-18-19(14-37(26(18)33-22)42(39,40)17-7-4-3-5-8-17)25-20(28(29,30)31)13-32-27(35-25)34-21-9-6-10-23(21)38/h3-5,7-8,11-14,21H,6,9-10H2,1-2H3,(H,32,34,35). The Kier molecular flexibility index (Phi) is 6.60. The van der Waals surface area contributed by atoms with E-state index in [1.54, 1.807) is 26.0 Å². The number of carbonyl (C=O) groups excluding carboxylic acids is 1. The zero-order valence-corrected chi connectivity index (χ0v) is 23.1. The maximum Gasteiger partial charge on any atom is 0.419 e. The van der Waals surface area contributed by atoms with Gasteiger partial charge in [0.2, 0.25) is 5.95 Å². The third-order valence-corrected chi connectivity index (χ3v) is 8.83. The Morgan fingerprint density at radius 1 is 1.07 bits per heavy atom. The Labute approximate surface area is 237 Å². The van der Waals surface area contributed by atoms with E-state index in [1.165, 1.54) is 30.3 Å². The minimum Gasteiger partial charge on any atom is -0.361 e. The molecule has 1 aliphatic rings. The number of halogens is 3. The molecule has 6 rings (SSSR count). The van der Waals surface area contributed by atoms with Gasteiger partial charge in [-0.2, -0.15) is 13.2 Å². The van der Waals surface area contributed by atoms with Gasteiger partial charge < -0.3 is 9.84 Å². The summed E-state index contributed by atoms with van der Waals surface area (Å²) in [6.07, 6.45) is -1.65. The number of benzene rings is 1. The zero-order valence-electron chi connectivity index (χ0n) is 22.3. The van der Waals surface area contributed by atoms with Crippen LogP contribution in [0.25, 0.3) is 33.5 Å². The van der Waals surface area contributed by atoms with Crippen LogP contribution in [0.2, 0.25) is 0 Å². The van der Waals surface area contributed by atoms with E-state index in [2.05, 4.69) is 25.4 Å². The number of aryl methyl sites for hydroxylation is 2. The number of aromatic nitrogens is 5. The van der Waals surface area contributed by atoms with Crippen LogP contribution in [0.3, 0.4) is 0 Å². The molecule has 42 heavy (non-hydrogen) atoms. The summed E-state index contributed by atoms with van der Waals surface area (Å²) in [5, 5.41) is 6.87. The molecule has 1 fully saturated rings. The molecule has 0 saturated heterocycles. The van der Waals surface area contributed by atoms with Crippen molar-refractivity contribution in [2.75, 3.05) is 5.32 Å². The summed E-state index contributed by atoms with van der Waals surface area (Å²) in [7, 11) is -4.31. The molecule has 1 N–H and O–H groups in total. The second-order valence-electron chi connectivity index (χ2n) is 9.93. The quantitative estimate of drug-likeness (QED) is 0.268. The zero-order chi connectivity index (χ0) is 29.8. The third kappa shape index (κ3) is 4.70. The van der Waals surface area contributed by atoms with Gasteiger partial charge in [0.1, 0.15) is 11.3 Å². The Morgan fingerprint density at radius 3 is 2.48 bits per heavy atom. The number of alkyl halides is 3. The van der Waals surface area contributed by atoms with Gasteiger partial charge in [-0.25, -0.2) is 27.3 Å². The number of fused-ring (bicyclic) bond motifs is 1. The number of rotatable bonds is 6. The van der Waals surface area contributed by atoms with Crippen LogP contribution in [-0.2, 0) is 21.0 Å². The van der Waals surface area contributed by atoms with Crippen LogP contribution in [0, 0.1) is 13.8 Å². The van der Waals surface area contributed by atoms with Crippen LogP contribution >= 0.6 is 0 Å². The molecule has 1 saturated carbocycles. The highest BCUT2D eigenvalue weighted by Crippen LogP contribution is 2.41. The smallest absolute Gasteiger partial charge is 0.361 e. The maximum absolute atomic E-state index is 14.3. The van der Waals surface area contributed by atoms with Crippen molar-refractivity contribution in [2.24, 2.45) is 0 Å². The van der Waals surface area contributed by atoms with Crippen molar-refractivity contribution < 1.29 is 30.9 Å². The van der Waals surface area contributed by atoms with Gasteiger partial charge in [-0.1, -0.05) is 23.4 Å². The van der Waals surface area contributed by atoms with Crippen LogP contribution < -0.4 is 5.32 Å². The molecule has 4 heterocycles. The van der Waals surface area contributed by atoms with Crippen LogP contribution in [-0.4, -0.2) is 44.3 Å². The Hall–Kier alpha value is -4.59. The Bertz CT molecular complexity index is 1930. The lowest BCUT2D eigenvalue weighted by atomic mass is 10.1. The third-order valence-electron chi connectivity index (χ3n) is 7.17. The van der Waals surface area contributed by atoms with E-state index < -0.39 is 33.5 Å². The minimum atomic E-state index is -4.87. The fourth-order valence-corrected chi connectivity index (χ4v) is 6.47. The molecule has 14 heteroatoms. The number of nitrogens with zero attached hydrogens (tertiary/aromatic N) is 5. The van der Waals surface area contributed by atoms with E-state index in [4.69, 9.17) is 4.52 Å². The van der Waals surface area contributed by atoms with Gasteiger partial charge in [-0.05, 0) is 51.0 Å². The van der Waals surface area contributed by atoms with E-state index in [1.807, 2.05) is 0 Å². The van der Waals surface area contributed by atoms with Crippen LogP contribution in [0.4, 0.5) is 19.1 Å². The van der Waals surface area contributed by atoms with Crippen molar-refractivity contribution >= 4 is 32.8 Å². The average molecular weight is 597 g/mol. The summed E-state index contributed by atoms with van der Waals surface area (Å²) < 4.78 is 76.5. The Morgan fingerprint density at radius 2 is 1.83 bits per heavy atom. The summed E-state index contributed by atoms with van der Waals surface area (Å²) in [4.78, 5) is 24.7. The first-order valence-electron chi connectivity index (χ1n) is 12.9. The molecule has 0 amide bonds. The summed E-state index contributed by atoms with van der Waals surface area (Å²) in [5.74, 6) is 0.183. The molecule has 10 nitrogen and oxygen atoms in total. The summed E-state index contributed by atoms with van der Waals surface area (Å²) in [6, 6.07) is 9.92. The van der Waals surface area contributed by atoms with E-state index in [9.17, 15) is 26.4 Å². The summed E-state index contributed by atoms with van der Waals surface area (Å²) >= 11 is 0. The predicted octanol–water partition coefficient (Wildman–Crippen LogP) is 5.55. The topological polar surface area (TPSA) is 133 Å². The number of hydrogen-bond acceptors (Lipinski definition) is 9. The molecular formula is C28H23F3N6O4S. The van der Waals surface area contributed by atoms with Crippen LogP contribution in [0.1, 0.15) is 36.3 Å². The number of carbonyl (C=O) groups is 1. The van der Waals surface area contributed by atoms with E-state index in [0.29, 0.717) is 48.2 Å². The van der Waals surface area contributed by atoms with E-state index >= 15 is 0 Å². The van der Waals surface area contributed by atoms with Gasteiger partial charge in [0.15, 0.2) is 11.4 Å². The normalized spacial score (nSPS) is 15.9. The number of anilines is 1. The molecule has 1 aliphatic carbocycles. The van der Waals surface area contributed by atoms with Gasteiger partial charge >= 0.3 is 6.18 Å². The summed E-state index contributed by atoms with van der Waals surface area (Å²) in [6.45, 7) is 3.37. The second-order valence-corrected chi connectivity index (χ2v) is 11.7. The predicted molar refractivity (Wildman–Crippen MR) is 146 cm³/mol. The Balaban J connectivity index is 1.61. The first kappa shape index (κ1) is 27.6. The first-order chi connectivity index (χ1) is 19.9. The van der Waals surface area contributed by atoms with Gasteiger partial charge in [-0.15, -0.1) is 0 Å².